The third-order valence-electron chi connectivity index (χ3n) is 6.10. The van der Waals surface area contributed by atoms with Crippen LogP contribution in [0.5, 0.6) is 0 Å². The van der Waals surface area contributed by atoms with Crippen molar-refractivity contribution in [1.82, 2.24) is 15.1 Å². The first-order valence-corrected chi connectivity index (χ1v) is 10.8. The first-order chi connectivity index (χ1) is 14.3. The van der Waals surface area contributed by atoms with Gasteiger partial charge in [-0.3, -0.25) is 9.89 Å². The molecule has 1 heterocycles. The summed E-state index contributed by atoms with van der Waals surface area (Å²) in [6.07, 6.45) is -0.756. The zero-order chi connectivity index (χ0) is 21.6. The number of guanidine groups is 1. The van der Waals surface area contributed by atoms with E-state index in [2.05, 4.69) is 20.1 Å². The maximum Gasteiger partial charge on any atom is 0.416 e. The summed E-state index contributed by atoms with van der Waals surface area (Å²) < 4.78 is 44.3. The van der Waals surface area contributed by atoms with E-state index in [0.29, 0.717) is 17.5 Å². The predicted octanol–water partition coefficient (Wildman–Crippen LogP) is 4.22. The number of benzene rings is 1. The molecule has 1 aromatic carbocycles. The Bertz CT molecular complexity index is 717. The Morgan fingerprint density at radius 3 is 2.48 bits per heavy atom. The van der Waals surface area contributed by atoms with E-state index in [0.717, 1.165) is 64.4 Å². The van der Waals surface area contributed by atoms with Crippen molar-refractivity contribution in [2.75, 3.05) is 53.0 Å². The number of alkyl halides is 3. The molecule has 0 bridgehead atoms. The number of ether oxygens (including phenoxy) is 1. The van der Waals surface area contributed by atoms with E-state index < -0.39 is 11.7 Å². The molecule has 0 radical (unpaired) electrons. The van der Waals surface area contributed by atoms with E-state index in [1.165, 1.54) is 25.0 Å². The van der Waals surface area contributed by atoms with Crippen LogP contribution in [0.4, 0.5) is 13.2 Å². The zero-order valence-electron chi connectivity index (χ0n) is 18.4. The normalized spacial score (nSPS) is 19.1. The molecule has 0 atom stereocenters. The van der Waals surface area contributed by atoms with Gasteiger partial charge in [0.05, 0.1) is 5.56 Å². The molecule has 31 heavy (non-hydrogen) atoms. The summed E-state index contributed by atoms with van der Waals surface area (Å²) in [4.78, 5) is 8.88. The highest BCUT2D eigenvalue weighted by Gasteiger charge is 2.42. The number of piperazine rings is 1. The molecule has 1 aromatic rings. The van der Waals surface area contributed by atoms with Gasteiger partial charge in [0.2, 0.25) is 0 Å². The van der Waals surface area contributed by atoms with Crippen molar-refractivity contribution in [1.29, 1.82) is 0 Å². The Kier molecular flexibility index (Phi) is 9.88. The van der Waals surface area contributed by atoms with Crippen molar-refractivity contribution < 1.29 is 17.9 Å². The van der Waals surface area contributed by atoms with Crippen LogP contribution in [0.2, 0.25) is 0 Å². The number of aliphatic imine (C=N–C) groups is 1. The van der Waals surface area contributed by atoms with Crippen LogP contribution in [-0.2, 0) is 17.5 Å². The number of nitrogens with zero attached hydrogens (tertiary/aromatic N) is 3. The summed E-state index contributed by atoms with van der Waals surface area (Å²) in [6.45, 7) is 8.25. The first kappa shape index (κ1) is 26.2. The van der Waals surface area contributed by atoms with Crippen LogP contribution in [0.25, 0.3) is 0 Å². The average Bonchev–Trinajstić information content (AvgIpc) is 3.49. The fourth-order valence-electron chi connectivity index (χ4n) is 3.95. The van der Waals surface area contributed by atoms with Crippen molar-refractivity contribution in [3.63, 3.8) is 0 Å². The number of hydrogen-bond donors (Lipinski definition) is 1. The second-order valence-electron chi connectivity index (χ2n) is 8.31. The van der Waals surface area contributed by atoms with Gasteiger partial charge in [-0.2, -0.15) is 13.2 Å². The molecule has 1 aliphatic heterocycles. The fraction of sp³-hybridized carbons (Fsp3) is 0.682. The summed E-state index contributed by atoms with van der Waals surface area (Å²) in [6, 6.07) is 5.63. The summed E-state index contributed by atoms with van der Waals surface area (Å²) >= 11 is 0. The average molecular weight is 554 g/mol. The van der Waals surface area contributed by atoms with Gasteiger partial charge in [-0.25, -0.2) is 0 Å². The molecule has 5 nitrogen and oxygen atoms in total. The van der Waals surface area contributed by atoms with Gasteiger partial charge < -0.3 is 15.0 Å². The number of halogens is 4. The van der Waals surface area contributed by atoms with Crippen LogP contribution in [0.3, 0.4) is 0 Å². The topological polar surface area (TPSA) is 40.1 Å². The molecule has 1 N–H and O–H groups in total. The van der Waals surface area contributed by atoms with Gasteiger partial charge in [-0.05, 0) is 43.2 Å². The maximum absolute atomic E-state index is 12.9. The smallest absolute Gasteiger partial charge is 0.382 e. The van der Waals surface area contributed by atoms with Crippen LogP contribution in [0.1, 0.15) is 37.3 Å². The van der Waals surface area contributed by atoms with Gasteiger partial charge in [0, 0.05) is 59.5 Å². The van der Waals surface area contributed by atoms with Crippen LogP contribution >= 0.6 is 24.0 Å². The second kappa shape index (κ2) is 11.7. The standard InChI is InChI=1S/C22H33F3N4O.HI/c1-3-30-14-9-21(7-8-21)17-27-20(26-2)29-12-10-28(11-13-29)16-18-5-4-6-19(15-18)22(23,24)25;/h4-6,15H,3,7-14,16-17H2,1-2H3,(H,26,27);1H. The molecular formula is C22H34F3IN4O. The molecule has 9 heteroatoms. The first-order valence-electron chi connectivity index (χ1n) is 10.8. The molecule has 1 saturated heterocycles. The molecule has 0 spiro atoms. The van der Waals surface area contributed by atoms with Crippen molar-refractivity contribution in [2.45, 2.75) is 38.9 Å². The quantitative estimate of drug-likeness (QED) is 0.226. The highest BCUT2D eigenvalue weighted by molar-refractivity contribution is 14.0. The van der Waals surface area contributed by atoms with E-state index in [9.17, 15) is 13.2 Å². The maximum atomic E-state index is 12.9. The largest absolute Gasteiger partial charge is 0.416 e. The molecule has 2 aliphatic rings. The van der Waals surface area contributed by atoms with Gasteiger partial charge in [0.1, 0.15) is 0 Å². The number of rotatable bonds is 8. The molecule has 0 aromatic heterocycles. The van der Waals surface area contributed by atoms with Crippen molar-refractivity contribution in [2.24, 2.45) is 10.4 Å². The van der Waals surface area contributed by atoms with Gasteiger partial charge in [-0.15, -0.1) is 24.0 Å². The lowest BCUT2D eigenvalue weighted by molar-refractivity contribution is -0.137. The summed E-state index contributed by atoms with van der Waals surface area (Å²) in [5, 5.41) is 3.53. The number of nitrogens with one attached hydrogen (secondary N) is 1. The molecule has 0 unspecified atom stereocenters. The van der Waals surface area contributed by atoms with Crippen molar-refractivity contribution >= 4 is 29.9 Å². The lowest BCUT2D eigenvalue weighted by Gasteiger charge is -2.37. The van der Waals surface area contributed by atoms with Gasteiger partial charge in [-0.1, -0.05) is 18.2 Å². The van der Waals surface area contributed by atoms with Gasteiger partial charge in [0.25, 0.3) is 0 Å². The monoisotopic (exact) mass is 554 g/mol. The van der Waals surface area contributed by atoms with E-state index in [1.807, 2.05) is 6.92 Å². The van der Waals surface area contributed by atoms with E-state index in [1.54, 1.807) is 13.1 Å². The molecule has 1 aliphatic carbocycles. The summed E-state index contributed by atoms with van der Waals surface area (Å²) in [5.41, 5.74) is 0.462. The third kappa shape index (κ3) is 7.78. The minimum atomic E-state index is -4.30. The lowest BCUT2D eigenvalue weighted by Crippen LogP contribution is -2.52. The SMILES string of the molecule is CCOCCC1(CNC(=NC)N2CCN(Cc3cccc(C(F)(F)F)c3)CC2)CC1.I. The van der Waals surface area contributed by atoms with Gasteiger partial charge in [0.15, 0.2) is 5.96 Å². The van der Waals surface area contributed by atoms with Crippen molar-refractivity contribution in [3.8, 4) is 0 Å². The minimum Gasteiger partial charge on any atom is -0.382 e. The van der Waals surface area contributed by atoms with Crippen LogP contribution in [0, 0.1) is 5.41 Å². The Morgan fingerprint density at radius 1 is 1.19 bits per heavy atom. The minimum absolute atomic E-state index is 0. The van der Waals surface area contributed by atoms with E-state index in [-0.39, 0.29) is 24.0 Å². The molecular weight excluding hydrogens is 520 g/mol. The third-order valence-corrected chi connectivity index (χ3v) is 6.10. The molecule has 0 amide bonds. The summed E-state index contributed by atoms with van der Waals surface area (Å²) in [5.74, 6) is 0.913. The predicted molar refractivity (Wildman–Crippen MR) is 128 cm³/mol. The van der Waals surface area contributed by atoms with Crippen LogP contribution in [-0.4, -0.2) is 68.7 Å². The Hall–Kier alpha value is -1.07. The Labute approximate surface area is 200 Å². The van der Waals surface area contributed by atoms with Crippen LogP contribution in [0.15, 0.2) is 29.3 Å². The Morgan fingerprint density at radius 2 is 1.90 bits per heavy atom. The molecule has 2 fully saturated rings. The molecule has 1 saturated carbocycles. The molecule has 3 rings (SSSR count). The highest BCUT2D eigenvalue weighted by Crippen LogP contribution is 2.48. The fourth-order valence-corrected chi connectivity index (χ4v) is 3.95. The van der Waals surface area contributed by atoms with Crippen molar-refractivity contribution in [3.05, 3.63) is 35.4 Å². The van der Waals surface area contributed by atoms with Crippen LogP contribution < -0.4 is 5.32 Å². The van der Waals surface area contributed by atoms with E-state index in [4.69, 9.17) is 4.74 Å². The lowest BCUT2D eigenvalue weighted by atomic mass is 10.0. The highest BCUT2D eigenvalue weighted by atomic mass is 127. The molecule has 176 valence electrons. The summed E-state index contributed by atoms with van der Waals surface area (Å²) in [7, 11) is 1.80. The second-order valence-corrected chi connectivity index (χ2v) is 8.31. The Balaban J connectivity index is 0.00000341. The zero-order valence-corrected chi connectivity index (χ0v) is 20.7. The number of hydrogen-bond acceptors (Lipinski definition) is 3. The van der Waals surface area contributed by atoms with E-state index >= 15 is 0 Å². The van der Waals surface area contributed by atoms with Gasteiger partial charge >= 0.3 is 6.18 Å².